The lowest BCUT2D eigenvalue weighted by molar-refractivity contribution is -0.116. The number of rotatable bonds is 7. The van der Waals surface area contributed by atoms with Gasteiger partial charge < -0.3 is 15.6 Å². The first kappa shape index (κ1) is 18.5. The van der Waals surface area contributed by atoms with Crippen molar-refractivity contribution in [1.82, 2.24) is 10.3 Å². The van der Waals surface area contributed by atoms with Gasteiger partial charge in [-0.1, -0.05) is 30.3 Å². The van der Waals surface area contributed by atoms with Crippen LogP contribution >= 0.6 is 0 Å². The van der Waals surface area contributed by atoms with Crippen molar-refractivity contribution in [1.29, 1.82) is 0 Å². The molecule has 3 rings (SSSR count). The van der Waals surface area contributed by atoms with E-state index < -0.39 is 0 Å². The maximum atomic E-state index is 11.9. The van der Waals surface area contributed by atoms with Gasteiger partial charge in [0.2, 0.25) is 11.8 Å². The molecule has 0 radical (unpaired) electrons. The van der Waals surface area contributed by atoms with E-state index in [1.807, 2.05) is 30.5 Å². The van der Waals surface area contributed by atoms with E-state index in [0.717, 1.165) is 29.6 Å². The first-order valence-electron chi connectivity index (χ1n) is 9.00. The van der Waals surface area contributed by atoms with Crippen LogP contribution in [0.1, 0.15) is 24.5 Å². The lowest BCUT2D eigenvalue weighted by atomic mass is 10.1. The van der Waals surface area contributed by atoms with Gasteiger partial charge in [-0.25, -0.2) is 0 Å². The smallest absolute Gasteiger partial charge is 0.243 e. The van der Waals surface area contributed by atoms with Crippen LogP contribution in [0.5, 0.6) is 0 Å². The average Bonchev–Trinajstić information content (AvgIpc) is 3.07. The number of hydrogen-bond donors (Lipinski definition) is 3. The van der Waals surface area contributed by atoms with Crippen molar-refractivity contribution in [3.8, 4) is 0 Å². The Hall–Kier alpha value is -3.34. The minimum atomic E-state index is -0.111. The fraction of sp³-hybridized carbons (Fsp3) is 0.182. The highest BCUT2D eigenvalue weighted by Crippen LogP contribution is 2.18. The lowest BCUT2D eigenvalue weighted by Gasteiger charge is -2.03. The zero-order valence-electron chi connectivity index (χ0n) is 15.3. The van der Waals surface area contributed by atoms with Crippen LogP contribution in [-0.4, -0.2) is 23.3 Å². The van der Waals surface area contributed by atoms with Crippen LogP contribution in [0.25, 0.3) is 17.0 Å². The Morgan fingerprint density at radius 1 is 1.07 bits per heavy atom. The fourth-order valence-corrected chi connectivity index (χ4v) is 2.94. The summed E-state index contributed by atoms with van der Waals surface area (Å²) in [4.78, 5) is 26.2. The normalized spacial score (nSPS) is 11.0. The number of carbonyl (C=O) groups is 2. The van der Waals surface area contributed by atoms with Crippen molar-refractivity contribution in [3.05, 3.63) is 71.9 Å². The molecule has 0 spiro atoms. The summed E-state index contributed by atoms with van der Waals surface area (Å²) >= 11 is 0. The monoisotopic (exact) mass is 361 g/mol. The lowest BCUT2D eigenvalue weighted by Crippen LogP contribution is -2.22. The minimum Gasteiger partial charge on any atom is -0.361 e. The molecule has 2 aromatic carbocycles. The molecule has 0 aliphatic carbocycles. The first-order chi connectivity index (χ1) is 13.1. The summed E-state index contributed by atoms with van der Waals surface area (Å²) in [6, 6.07) is 15.5. The third kappa shape index (κ3) is 5.31. The van der Waals surface area contributed by atoms with E-state index in [4.69, 9.17) is 0 Å². The summed E-state index contributed by atoms with van der Waals surface area (Å²) in [5.74, 6) is -0.217. The molecule has 0 bridgehead atoms. The molecule has 0 aliphatic rings. The number of para-hydroxylation sites is 1. The van der Waals surface area contributed by atoms with E-state index in [9.17, 15) is 9.59 Å². The molecule has 138 valence electrons. The third-order valence-electron chi connectivity index (χ3n) is 4.26. The molecule has 3 N–H and O–H groups in total. The van der Waals surface area contributed by atoms with Gasteiger partial charge in [-0.05, 0) is 48.2 Å². The Morgan fingerprint density at radius 2 is 1.85 bits per heavy atom. The van der Waals surface area contributed by atoms with Crippen molar-refractivity contribution < 1.29 is 9.59 Å². The Balaban J connectivity index is 1.43. The van der Waals surface area contributed by atoms with Gasteiger partial charge in [0, 0.05) is 42.3 Å². The van der Waals surface area contributed by atoms with Crippen LogP contribution in [0.3, 0.4) is 0 Å². The maximum Gasteiger partial charge on any atom is 0.243 e. The number of aryl methyl sites for hydroxylation is 1. The zero-order valence-corrected chi connectivity index (χ0v) is 15.3. The highest BCUT2D eigenvalue weighted by Gasteiger charge is 2.03. The second-order valence-corrected chi connectivity index (χ2v) is 6.39. The molecule has 5 heteroatoms. The van der Waals surface area contributed by atoms with E-state index in [2.05, 4.69) is 27.8 Å². The van der Waals surface area contributed by atoms with Crippen LogP contribution in [0.4, 0.5) is 5.69 Å². The molecular weight excluding hydrogens is 338 g/mol. The van der Waals surface area contributed by atoms with Crippen molar-refractivity contribution in [2.45, 2.75) is 19.8 Å². The number of H-pyrrole nitrogens is 1. The summed E-state index contributed by atoms with van der Waals surface area (Å²) in [5.41, 5.74) is 4.05. The van der Waals surface area contributed by atoms with Gasteiger partial charge in [0.1, 0.15) is 0 Å². The molecular formula is C22H23N3O2. The number of benzene rings is 2. The largest absolute Gasteiger partial charge is 0.361 e. The van der Waals surface area contributed by atoms with Crippen molar-refractivity contribution in [2.24, 2.45) is 0 Å². The van der Waals surface area contributed by atoms with E-state index in [1.54, 1.807) is 18.2 Å². The summed E-state index contributed by atoms with van der Waals surface area (Å²) in [6.45, 7) is 2.10. The maximum absolute atomic E-state index is 11.9. The summed E-state index contributed by atoms with van der Waals surface area (Å²) < 4.78 is 0. The van der Waals surface area contributed by atoms with Gasteiger partial charge in [-0.3, -0.25) is 9.59 Å². The van der Waals surface area contributed by atoms with Gasteiger partial charge in [0.05, 0.1) is 0 Å². The number of amides is 2. The number of carbonyl (C=O) groups excluding carboxylic acids is 2. The second kappa shape index (κ2) is 8.85. The summed E-state index contributed by atoms with van der Waals surface area (Å²) in [7, 11) is 0. The fourth-order valence-electron chi connectivity index (χ4n) is 2.94. The van der Waals surface area contributed by atoms with E-state index >= 15 is 0 Å². The second-order valence-electron chi connectivity index (χ2n) is 6.39. The van der Waals surface area contributed by atoms with Crippen LogP contribution in [0.2, 0.25) is 0 Å². The zero-order chi connectivity index (χ0) is 19.1. The number of aromatic nitrogens is 1. The summed E-state index contributed by atoms with van der Waals surface area (Å²) in [5, 5.41) is 6.86. The molecule has 1 aromatic heterocycles. The molecule has 1 heterocycles. The average molecular weight is 361 g/mol. The molecule has 0 atom stereocenters. The number of aromatic amines is 1. The molecule has 3 aromatic rings. The third-order valence-corrected chi connectivity index (χ3v) is 4.26. The van der Waals surface area contributed by atoms with Gasteiger partial charge in [0.25, 0.3) is 0 Å². The van der Waals surface area contributed by atoms with Crippen LogP contribution in [0, 0.1) is 0 Å². The molecule has 2 amide bonds. The van der Waals surface area contributed by atoms with Crippen LogP contribution in [0.15, 0.2) is 60.8 Å². The van der Waals surface area contributed by atoms with Crippen LogP contribution in [-0.2, 0) is 16.0 Å². The number of nitrogens with one attached hydrogen (secondary N) is 3. The predicted molar refractivity (Wildman–Crippen MR) is 109 cm³/mol. The Kier molecular flexibility index (Phi) is 6.05. The SMILES string of the molecule is CC(=O)Nc1ccc(/C=C/C(=O)NCCCc2c[nH]c3ccccc23)cc1. The predicted octanol–water partition coefficient (Wildman–Crippen LogP) is 3.89. The molecule has 27 heavy (non-hydrogen) atoms. The van der Waals surface area contributed by atoms with Gasteiger partial charge in [-0.15, -0.1) is 0 Å². The molecule has 0 aliphatic heterocycles. The van der Waals surface area contributed by atoms with E-state index in [-0.39, 0.29) is 11.8 Å². The van der Waals surface area contributed by atoms with Gasteiger partial charge >= 0.3 is 0 Å². The number of anilines is 1. The Bertz CT molecular complexity index is 955. The molecule has 0 saturated heterocycles. The van der Waals surface area contributed by atoms with E-state index in [1.165, 1.54) is 23.9 Å². The Labute approximate surface area is 158 Å². The van der Waals surface area contributed by atoms with Crippen LogP contribution < -0.4 is 10.6 Å². The molecule has 0 fully saturated rings. The van der Waals surface area contributed by atoms with Gasteiger partial charge in [0.15, 0.2) is 0 Å². The molecule has 5 nitrogen and oxygen atoms in total. The van der Waals surface area contributed by atoms with Crippen molar-refractivity contribution in [2.75, 3.05) is 11.9 Å². The minimum absolute atomic E-state index is 0.106. The quantitative estimate of drug-likeness (QED) is 0.441. The first-order valence-corrected chi connectivity index (χ1v) is 9.00. The summed E-state index contributed by atoms with van der Waals surface area (Å²) in [6.07, 6.45) is 7.12. The standard InChI is InChI=1S/C22H23N3O2/c1-16(26)25-19-11-8-17(9-12-19)10-13-22(27)23-14-4-5-18-15-24-21-7-3-2-6-20(18)21/h2-3,6-13,15,24H,4-5,14H2,1H3,(H,23,27)(H,25,26)/b13-10+. The molecule has 0 unspecified atom stereocenters. The molecule has 0 saturated carbocycles. The number of hydrogen-bond acceptors (Lipinski definition) is 2. The topological polar surface area (TPSA) is 74.0 Å². The van der Waals surface area contributed by atoms with Crippen molar-refractivity contribution in [3.63, 3.8) is 0 Å². The highest BCUT2D eigenvalue weighted by atomic mass is 16.2. The number of fused-ring (bicyclic) bond motifs is 1. The van der Waals surface area contributed by atoms with E-state index in [0.29, 0.717) is 6.54 Å². The Morgan fingerprint density at radius 3 is 2.63 bits per heavy atom. The van der Waals surface area contributed by atoms with Gasteiger partial charge in [-0.2, -0.15) is 0 Å². The highest BCUT2D eigenvalue weighted by molar-refractivity contribution is 5.92. The van der Waals surface area contributed by atoms with Crippen molar-refractivity contribution >= 4 is 34.5 Å².